The Morgan fingerprint density at radius 3 is 2.96 bits per heavy atom. The fourth-order valence-electron chi connectivity index (χ4n) is 2.70. The molecule has 4 N–H and O–H groups in total. The van der Waals surface area contributed by atoms with Crippen LogP contribution in [0.1, 0.15) is 16.1 Å². The van der Waals surface area contributed by atoms with Gasteiger partial charge in [0.25, 0.3) is 5.91 Å². The average molecular weight is 393 g/mol. The van der Waals surface area contributed by atoms with Gasteiger partial charge >= 0.3 is 6.01 Å². The van der Waals surface area contributed by atoms with Crippen molar-refractivity contribution in [1.29, 1.82) is 0 Å². The zero-order chi connectivity index (χ0) is 19.7. The Bertz CT molecular complexity index is 1200. The standard InChI is InChI=1S/C18H15N7O2S/c1-20-15(19)13-14(24-25-16(13)21-2)17(26)23-18-22-10-8-9(5-6-11(10)27-18)12-4-3-7-28-12/h3-8H,2H2,1H3,(H2,19,20)(H,24,25)(H,22,23,26). The van der Waals surface area contributed by atoms with Crippen LogP contribution in [0.4, 0.5) is 11.8 Å². The minimum Gasteiger partial charge on any atom is -0.423 e. The molecule has 28 heavy (non-hydrogen) atoms. The van der Waals surface area contributed by atoms with E-state index in [-0.39, 0.29) is 28.9 Å². The number of hydrogen-bond acceptors (Lipinski definition) is 7. The van der Waals surface area contributed by atoms with Crippen molar-refractivity contribution in [1.82, 2.24) is 15.2 Å². The maximum atomic E-state index is 12.7. The van der Waals surface area contributed by atoms with Gasteiger partial charge in [0, 0.05) is 11.9 Å². The second kappa shape index (κ2) is 7.08. The number of aromatic nitrogens is 3. The van der Waals surface area contributed by atoms with Gasteiger partial charge in [-0.15, -0.1) is 11.3 Å². The average Bonchev–Trinajstić information content (AvgIpc) is 3.44. The summed E-state index contributed by atoms with van der Waals surface area (Å²) >= 11 is 1.63. The number of nitrogens with two attached hydrogens (primary N) is 1. The first-order chi connectivity index (χ1) is 13.6. The largest absolute Gasteiger partial charge is 0.423 e. The van der Waals surface area contributed by atoms with E-state index < -0.39 is 5.91 Å². The molecule has 140 valence electrons. The van der Waals surface area contributed by atoms with E-state index in [1.807, 2.05) is 35.7 Å². The number of rotatable bonds is 5. The maximum absolute atomic E-state index is 12.7. The summed E-state index contributed by atoms with van der Waals surface area (Å²) in [5.74, 6) is -0.191. The van der Waals surface area contributed by atoms with Gasteiger partial charge in [0.2, 0.25) is 0 Å². The second-order valence-corrected chi connectivity index (χ2v) is 6.64. The van der Waals surface area contributed by atoms with Crippen LogP contribution in [0, 0.1) is 0 Å². The molecule has 3 aromatic heterocycles. The minimum atomic E-state index is -0.558. The van der Waals surface area contributed by atoms with Crippen molar-refractivity contribution in [2.45, 2.75) is 0 Å². The van der Waals surface area contributed by atoms with Crippen molar-refractivity contribution in [2.24, 2.45) is 15.7 Å². The molecule has 0 aliphatic carbocycles. The summed E-state index contributed by atoms with van der Waals surface area (Å²) in [6.07, 6.45) is 0. The van der Waals surface area contributed by atoms with Crippen molar-refractivity contribution in [3.05, 3.63) is 47.0 Å². The molecule has 3 heterocycles. The van der Waals surface area contributed by atoms with Crippen molar-refractivity contribution >= 4 is 52.7 Å². The van der Waals surface area contributed by atoms with E-state index in [1.54, 1.807) is 11.3 Å². The number of carbonyl (C=O) groups is 1. The lowest BCUT2D eigenvalue weighted by Crippen LogP contribution is -2.20. The molecule has 4 rings (SSSR count). The molecule has 10 heteroatoms. The van der Waals surface area contributed by atoms with Crippen molar-refractivity contribution in [3.63, 3.8) is 0 Å². The van der Waals surface area contributed by atoms with E-state index in [2.05, 4.69) is 37.2 Å². The topological polar surface area (TPSA) is 135 Å². The molecule has 0 fully saturated rings. The smallest absolute Gasteiger partial charge is 0.302 e. The molecule has 0 unspecified atom stereocenters. The van der Waals surface area contributed by atoms with Crippen LogP contribution in [0.15, 0.2) is 50.1 Å². The normalized spacial score (nSPS) is 11.7. The maximum Gasteiger partial charge on any atom is 0.302 e. The SMILES string of the molecule is C=Nc1[nH]nc(C(=O)Nc2nc3cc(-c4cccs4)ccc3o2)c1/C(N)=N\C. The number of nitrogens with one attached hydrogen (secondary N) is 2. The third kappa shape index (κ3) is 3.05. The predicted molar refractivity (Wildman–Crippen MR) is 110 cm³/mol. The molecule has 1 amide bonds. The Labute approximate surface area is 163 Å². The van der Waals surface area contributed by atoms with Crippen molar-refractivity contribution < 1.29 is 9.21 Å². The van der Waals surface area contributed by atoms with E-state index in [0.717, 1.165) is 10.4 Å². The molecule has 0 bridgehead atoms. The van der Waals surface area contributed by atoms with Crippen molar-refractivity contribution in [3.8, 4) is 10.4 Å². The number of benzene rings is 1. The highest BCUT2D eigenvalue weighted by Gasteiger charge is 2.23. The quantitative estimate of drug-likeness (QED) is 0.353. The number of anilines is 1. The summed E-state index contributed by atoms with van der Waals surface area (Å²) in [6, 6.07) is 9.72. The molecule has 0 atom stereocenters. The van der Waals surface area contributed by atoms with Gasteiger partial charge in [-0.2, -0.15) is 10.1 Å². The van der Waals surface area contributed by atoms with Gasteiger partial charge in [0.05, 0.1) is 5.56 Å². The van der Waals surface area contributed by atoms with Gasteiger partial charge in [0.15, 0.2) is 17.1 Å². The fraction of sp³-hybridized carbons (Fsp3) is 0.0556. The highest BCUT2D eigenvalue weighted by atomic mass is 32.1. The summed E-state index contributed by atoms with van der Waals surface area (Å²) in [6.45, 7) is 3.43. The van der Waals surface area contributed by atoms with E-state index in [0.29, 0.717) is 11.1 Å². The van der Waals surface area contributed by atoms with E-state index in [1.165, 1.54) is 7.05 Å². The van der Waals surface area contributed by atoms with Crippen LogP contribution in [0.3, 0.4) is 0 Å². The van der Waals surface area contributed by atoms with Crippen LogP contribution in [0.25, 0.3) is 21.5 Å². The molecular weight excluding hydrogens is 378 g/mol. The predicted octanol–water partition coefficient (Wildman–Crippen LogP) is 3.20. The highest BCUT2D eigenvalue weighted by molar-refractivity contribution is 7.13. The number of oxazole rings is 1. The Kier molecular flexibility index (Phi) is 4.45. The molecule has 9 nitrogen and oxygen atoms in total. The zero-order valence-corrected chi connectivity index (χ0v) is 15.6. The monoisotopic (exact) mass is 393 g/mol. The lowest BCUT2D eigenvalue weighted by molar-refractivity contribution is 0.101. The molecular formula is C18H15N7O2S. The first kappa shape index (κ1) is 17.6. The summed E-state index contributed by atoms with van der Waals surface area (Å²) in [5, 5.41) is 11.2. The molecule has 1 aromatic carbocycles. The number of thiophene rings is 1. The summed E-state index contributed by atoms with van der Waals surface area (Å²) in [4.78, 5) is 25.8. The second-order valence-electron chi connectivity index (χ2n) is 5.70. The van der Waals surface area contributed by atoms with Crippen LogP contribution in [-0.2, 0) is 0 Å². The molecule has 4 aromatic rings. The van der Waals surface area contributed by atoms with Crippen LogP contribution in [0.5, 0.6) is 0 Å². The number of amides is 1. The number of carbonyl (C=O) groups excluding carboxylic acids is 1. The molecule has 0 saturated heterocycles. The van der Waals surface area contributed by atoms with Crippen LogP contribution >= 0.6 is 11.3 Å². The fourth-order valence-corrected chi connectivity index (χ4v) is 3.42. The first-order valence-electron chi connectivity index (χ1n) is 8.14. The Balaban J connectivity index is 1.64. The van der Waals surface area contributed by atoms with Gasteiger partial charge < -0.3 is 10.2 Å². The minimum absolute atomic E-state index is 0.0204. The van der Waals surface area contributed by atoms with E-state index in [9.17, 15) is 4.79 Å². The highest BCUT2D eigenvalue weighted by Crippen LogP contribution is 2.29. The van der Waals surface area contributed by atoms with Gasteiger partial charge in [-0.1, -0.05) is 6.07 Å². The number of nitrogens with zero attached hydrogens (tertiary/aromatic N) is 4. The molecule has 0 saturated carbocycles. The molecule has 0 radical (unpaired) electrons. The van der Waals surface area contributed by atoms with Gasteiger partial charge in [-0.05, 0) is 41.9 Å². The number of amidine groups is 1. The van der Waals surface area contributed by atoms with Crippen molar-refractivity contribution in [2.75, 3.05) is 12.4 Å². The Morgan fingerprint density at radius 1 is 1.39 bits per heavy atom. The molecule has 0 spiro atoms. The number of aliphatic imine (C=N–C) groups is 2. The number of hydrogen-bond donors (Lipinski definition) is 3. The molecule has 0 aliphatic rings. The van der Waals surface area contributed by atoms with E-state index >= 15 is 0 Å². The van der Waals surface area contributed by atoms with Crippen LogP contribution < -0.4 is 11.1 Å². The Hall–Kier alpha value is -3.79. The number of aromatic amines is 1. The summed E-state index contributed by atoms with van der Waals surface area (Å²) in [7, 11) is 1.50. The third-order valence-corrected chi connectivity index (χ3v) is 4.95. The number of H-pyrrole nitrogens is 1. The van der Waals surface area contributed by atoms with Crippen LogP contribution in [0.2, 0.25) is 0 Å². The van der Waals surface area contributed by atoms with Crippen LogP contribution in [-0.4, -0.2) is 40.7 Å². The van der Waals surface area contributed by atoms with E-state index in [4.69, 9.17) is 10.2 Å². The Morgan fingerprint density at radius 2 is 2.25 bits per heavy atom. The summed E-state index contributed by atoms with van der Waals surface area (Å²) in [5.41, 5.74) is 8.36. The summed E-state index contributed by atoms with van der Waals surface area (Å²) < 4.78 is 5.62. The molecule has 0 aliphatic heterocycles. The third-order valence-electron chi connectivity index (χ3n) is 4.03. The van der Waals surface area contributed by atoms with Gasteiger partial charge in [0.1, 0.15) is 11.4 Å². The van der Waals surface area contributed by atoms with Gasteiger partial charge in [-0.3, -0.25) is 20.2 Å². The zero-order valence-electron chi connectivity index (χ0n) is 14.8. The first-order valence-corrected chi connectivity index (χ1v) is 9.02. The lowest BCUT2D eigenvalue weighted by Gasteiger charge is -2.02. The van der Waals surface area contributed by atoms with Gasteiger partial charge in [-0.25, -0.2) is 4.99 Å². The lowest BCUT2D eigenvalue weighted by atomic mass is 10.2. The number of fused-ring (bicyclic) bond motifs is 1.